The van der Waals surface area contributed by atoms with Gasteiger partial charge in [0.1, 0.15) is 0 Å². The van der Waals surface area contributed by atoms with Crippen LogP contribution in [0.15, 0.2) is 24.3 Å². The molecule has 0 unspecified atom stereocenters. The normalized spacial score (nSPS) is 10.7. The first-order valence-corrected chi connectivity index (χ1v) is 9.29. The van der Waals surface area contributed by atoms with Crippen molar-refractivity contribution in [3.8, 4) is 0 Å². The van der Waals surface area contributed by atoms with Gasteiger partial charge < -0.3 is 0 Å². The fraction of sp³-hybridized carbons (Fsp3) is 0.650. The van der Waals surface area contributed by atoms with Crippen molar-refractivity contribution in [2.24, 2.45) is 0 Å². The molecule has 0 bridgehead atoms. The Morgan fingerprint density at radius 1 is 0.870 bits per heavy atom. The molecule has 0 saturated carbocycles. The Morgan fingerprint density at radius 2 is 1.43 bits per heavy atom. The van der Waals surface area contributed by atoms with Gasteiger partial charge in [0.25, 0.3) is 0 Å². The smallest absolute Gasteiger partial charge is 0.162 e. The fourth-order valence-corrected chi connectivity index (χ4v) is 2.62. The Hall–Kier alpha value is -1.35. The summed E-state index contributed by atoms with van der Waals surface area (Å²) in [6, 6.07) is 7.52. The molecule has 1 N–H and O–H groups in total. The summed E-state index contributed by atoms with van der Waals surface area (Å²) in [5.74, 6) is 0.246. The van der Waals surface area contributed by atoms with Crippen molar-refractivity contribution < 1.29 is 9.63 Å². The first-order valence-electron chi connectivity index (χ1n) is 9.29. The molecule has 1 aromatic carbocycles. The van der Waals surface area contributed by atoms with Crippen LogP contribution in [-0.2, 0) is 4.84 Å². The SMILES string of the molecule is CCCCCCCCCCCC(=O)c1ccc(NOCC)cc1. The van der Waals surface area contributed by atoms with Crippen molar-refractivity contribution in [3.05, 3.63) is 29.8 Å². The number of carbonyl (C=O) groups excluding carboxylic acids is 1. The lowest BCUT2D eigenvalue weighted by Gasteiger charge is -2.06. The van der Waals surface area contributed by atoms with E-state index in [1.54, 1.807) is 0 Å². The lowest BCUT2D eigenvalue weighted by atomic mass is 10.0. The van der Waals surface area contributed by atoms with Crippen LogP contribution in [0.1, 0.15) is 88.4 Å². The highest BCUT2D eigenvalue weighted by molar-refractivity contribution is 5.96. The van der Waals surface area contributed by atoms with Gasteiger partial charge in [-0.3, -0.25) is 15.1 Å². The predicted molar refractivity (Wildman–Crippen MR) is 97.9 cm³/mol. The summed E-state index contributed by atoms with van der Waals surface area (Å²) < 4.78 is 0. The topological polar surface area (TPSA) is 38.3 Å². The molecule has 130 valence electrons. The Balaban J connectivity index is 2.09. The van der Waals surface area contributed by atoms with Gasteiger partial charge in [0.2, 0.25) is 0 Å². The minimum absolute atomic E-state index is 0.246. The summed E-state index contributed by atoms with van der Waals surface area (Å²) in [7, 11) is 0. The first kappa shape index (κ1) is 19.7. The number of hydrogen-bond donors (Lipinski definition) is 1. The van der Waals surface area contributed by atoms with Gasteiger partial charge in [0.15, 0.2) is 5.78 Å². The second kappa shape index (κ2) is 13.1. The van der Waals surface area contributed by atoms with Crippen LogP contribution in [0, 0.1) is 0 Å². The average molecular weight is 319 g/mol. The molecule has 0 spiro atoms. The van der Waals surface area contributed by atoms with Gasteiger partial charge in [-0.2, -0.15) is 0 Å². The summed E-state index contributed by atoms with van der Waals surface area (Å²) in [6.45, 7) is 4.79. The van der Waals surface area contributed by atoms with Gasteiger partial charge in [0, 0.05) is 12.0 Å². The van der Waals surface area contributed by atoms with Crippen molar-refractivity contribution in [1.82, 2.24) is 0 Å². The molecular formula is C20H33NO2. The van der Waals surface area contributed by atoms with Crippen LogP contribution in [0.4, 0.5) is 5.69 Å². The number of unbranched alkanes of at least 4 members (excludes halogenated alkanes) is 8. The highest BCUT2D eigenvalue weighted by atomic mass is 16.6. The van der Waals surface area contributed by atoms with Gasteiger partial charge in [-0.15, -0.1) is 0 Å². The quantitative estimate of drug-likeness (QED) is 0.254. The van der Waals surface area contributed by atoms with E-state index in [1.807, 2.05) is 31.2 Å². The van der Waals surface area contributed by atoms with Crippen LogP contribution in [0.5, 0.6) is 0 Å². The lowest BCUT2D eigenvalue weighted by Crippen LogP contribution is -2.02. The van der Waals surface area contributed by atoms with Crippen molar-refractivity contribution in [1.29, 1.82) is 0 Å². The van der Waals surface area contributed by atoms with E-state index >= 15 is 0 Å². The summed E-state index contributed by atoms with van der Waals surface area (Å²) in [4.78, 5) is 17.2. The van der Waals surface area contributed by atoms with E-state index in [2.05, 4.69) is 12.4 Å². The van der Waals surface area contributed by atoms with Gasteiger partial charge in [-0.1, -0.05) is 58.3 Å². The summed E-state index contributed by atoms with van der Waals surface area (Å²) >= 11 is 0. The largest absolute Gasteiger partial charge is 0.294 e. The van der Waals surface area contributed by atoms with E-state index in [0.29, 0.717) is 13.0 Å². The Labute approximate surface area is 141 Å². The fourth-order valence-electron chi connectivity index (χ4n) is 2.62. The molecule has 0 radical (unpaired) electrons. The number of anilines is 1. The van der Waals surface area contributed by atoms with E-state index < -0.39 is 0 Å². The third-order valence-corrected chi connectivity index (χ3v) is 4.05. The standard InChI is InChI=1S/C20H33NO2/c1-3-5-6-7-8-9-10-11-12-13-20(22)18-14-16-19(17-15-18)21-23-4-2/h14-17,21H,3-13H2,1-2H3. The molecule has 0 fully saturated rings. The zero-order valence-corrected chi connectivity index (χ0v) is 14.9. The number of Topliss-reactive ketones (excluding diaryl/α,β-unsaturated/α-hetero) is 1. The third kappa shape index (κ3) is 9.39. The lowest BCUT2D eigenvalue weighted by molar-refractivity contribution is 0.0979. The number of hydrogen-bond acceptors (Lipinski definition) is 3. The van der Waals surface area contributed by atoms with Gasteiger partial charge >= 0.3 is 0 Å². The molecule has 3 nitrogen and oxygen atoms in total. The zero-order valence-electron chi connectivity index (χ0n) is 14.9. The Kier molecular flexibility index (Phi) is 11.2. The zero-order chi connectivity index (χ0) is 16.8. The third-order valence-electron chi connectivity index (χ3n) is 4.05. The minimum Gasteiger partial charge on any atom is -0.294 e. The number of rotatable bonds is 14. The Morgan fingerprint density at radius 3 is 2.00 bits per heavy atom. The van der Waals surface area contributed by atoms with Crippen molar-refractivity contribution in [2.45, 2.75) is 78.1 Å². The molecule has 0 atom stereocenters. The highest BCUT2D eigenvalue weighted by Gasteiger charge is 2.05. The summed E-state index contributed by atoms with van der Waals surface area (Å²) in [6.07, 6.45) is 12.2. The minimum atomic E-state index is 0.246. The molecule has 0 aliphatic rings. The van der Waals surface area contributed by atoms with Gasteiger partial charge in [-0.05, 0) is 37.6 Å². The monoisotopic (exact) mass is 319 g/mol. The number of carbonyl (C=O) groups is 1. The van der Waals surface area contributed by atoms with Crippen molar-refractivity contribution >= 4 is 11.5 Å². The molecule has 3 heteroatoms. The molecule has 1 aromatic rings. The molecule has 0 heterocycles. The molecule has 1 rings (SSSR count). The maximum atomic E-state index is 12.1. The van der Waals surface area contributed by atoms with E-state index in [9.17, 15) is 4.79 Å². The molecule has 0 aromatic heterocycles. The van der Waals surface area contributed by atoms with Gasteiger partial charge in [-0.25, -0.2) is 0 Å². The van der Waals surface area contributed by atoms with E-state index in [-0.39, 0.29) is 5.78 Å². The van der Waals surface area contributed by atoms with Crippen LogP contribution >= 0.6 is 0 Å². The molecular weight excluding hydrogens is 286 g/mol. The maximum absolute atomic E-state index is 12.1. The van der Waals surface area contributed by atoms with E-state index in [0.717, 1.165) is 17.7 Å². The van der Waals surface area contributed by atoms with Gasteiger partial charge in [0.05, 0.1) is 12.3 Å². The van der Waals surface area contributed by atoms with Crippen LogP contribution in [0.3, 0.4) is 0 Å². The second-order valence-electron chi connectivity index (χ2n) is 6.11. The van der Waals surface area contributed by atoms with E-state index in [1.165, 1.54) is 51.4 Å². The molecule has 0 aliphatic carbocycles. The highest BCUT2D eigenvalue weighted by Crippen LogP contribution is 2.14. The molecule has 0 aliphatic heterocycles. The Bertz CT molecular complexity index is 414. The first-order chi connectivity index (χ1) is 11.3. The van der Waals surface area contributed by atoms with Crippen molar-refractivity contribution in [3.63, 3.8) is 0 Å². The molecule has 0 amide bonds. The second-order valence-corrected chi connectivity index (χ2v) is 6.11. The van der Waals surface area contributed by atoms with Crippen LogP contribution in [0.25, 0.3) is 0 Å². The summed E-state index contributed by atoms with van der Waals surface area (Å²) in [5.41, 5.74) is 4.51. The van der Waals surface area contributed by atoms with Crippen LogP contribution in [0.2, 0.25) is 0 Å². The average Bonchev–Trinajstić information content (AvgIpc) is 2.58. The maximum Gasteiger partial charge on any atom is 0.162 e. The van der Waals surface area contributed by atoms with Crippen LogP contribution < -0.4 is 5.48 Å². The van der Waals surface area contributed by atoms with E-state index in [4.69, 9.17) is 4.84 Å². The predicted octanol–water partition coefficient (Wildman–Crippen LogP) is 6.15. The van der Waals surface area contributed by atoms with Crippen LogP contribution in [-0.4, -0.2) is 12.4 Å². The number of benzene rings is 1. The van der Waals surface area contributed by atoms with Crippen molar-refractivity contribution in [2.75, 3.05) is 12.1 Å². The molecule has 23 heavy (non-hydrogen) atoms. The number of ketones is 1. The number of nitrogens with one attached hydrogen (secondary N) is 1. The summed E-state index contributed by atoms with van der Waals surface area (Å²) in [5, 5.41) is 0. The molecule has 0 saturated heterocycles.